The van der Waals surface area contributed by atoms with Crippen molar-refractivity contribution >= 4 is 33.0 Å². The van der Waals surface area contributed by atoms with E-state index < -0.39 is 9.84 Å². The van der Waals surface area contributed by atoms with Crippen LogP contribution in [0.3, 0.4) is 0 Å². The van der Waals surface area contributed by atoms with Gasteiger partial charge in [0, 0.05) is 10.0 Å². The molecule has 0 N–H and O–H groups in total. The molecule has 0 atom stereocenters. The molecule has 0 spiro atoms. The van der Waals surface area contributed by atoms with Gasteiger partial charge in [-0.1, -0.05) is 59.6 Å². The SMILES string of the molecule is Cc1cc(C)c(S(=O)(=O)c2c(C)cc(C)c(-c3ccc(Cl)cc3)c2C)c(C)c1-c1ccc(Cl)cc1. The van der Waals surface area contributed by atoms with Crippen LogP contribution >= 0.6 is 23.2 Å². The van der Waals surface area contributed by atoms with Crippen LogP contribution in [0.5, 0.6) is 0 Å². The summed E-state index contributed by atoms with van der Waals surface area (Å²) in [6.45, 7) is 11.6. The molecule has 0 aromatic heterocycles. The molecule has 0 heterocycles. The lowest BCUT2D eigenvalue weighted by Gasteiger charge is -2.22. The van der Waals surface area contributed by atoms with Gasteiger partial charge in [0.25, 0.3) is 0 Å². The van der Waals surface area contributed by atoms with E-state index >= 15 is 0 Å². The van der Waals surface area contributed by atoms with Gasteiger partial charge in [-0.2, -0.15) is 0 Å². The fourth-order valence-electron chi connectivity index (χ4n) is 5.39. The Balaban J connectivity index is 2.01. The summed E-state index contributed by atoms with van der Waals surface area (Å²) < 4.78 is 28.7. The maximum atomic E-state index is 14.4. The number of benzene rings is 4. The summed E-state index contributed by atoms with van der Waals surface area (Å²) in [6.07, 6.45) is 0. The normalized spacial score (nSPS) is 11.7. The van der Waals surface area contributed by atoms with Crippen LogP contribution in [0.15, 0.2) is 70.5 Å². The van der Waals surface area contributed by atoms with Gasteiger partial charge >= 0.3 is 0 Å². The average molecular weight is 524 g/mol. The first kappa shape index (κ1) is 25.5. The van der Waals surface area contributed by atoms with Crippen LogP contribution in [0.2, 0.25) is 10.0 Å². The molecule has 0 aliphatic carbocycles. The highest BCUT2D eigenvalue weighted by molar-refractivity contribution is 7.91. The van der Waals surface area contributed by atoms with Gasteiger partial charge in [0.05, 0.1) is 9.79 Å². The summed E-state index contributed by atoms with van der Waals surface area (Å²) in [5.41, 5.74) is 8.77. The third-order valence-corrected chi connectivity index (χ3v) is 9.44. The minimum atomic E-state index is -3.82. The number of rotatable bonds is 4. The third kappa shape index (κ3) is 4.53. The number of halogens is 2. The summed E-state index contributed by atoms with van der Waals surface area (Å²) in [5.74, 6) is 0. The molecule has 4 rings (SSSR count). The topological polar surface area (TPSA) is 34.1 Å². The van der Waals surface area contributed by atoms with Crippen LogP contribution in [0.25, 0.3) is 22.3 Å². The molecular formula is C30H28Cl2O2S. The van der Waals surface area contributed by atoms with Crippen molar-refractivity contribution < 1.29 is 8.42 Å². The van der Waals surface area contributed by atoms with Crippen LogP contribution in [-0.2, 0) is 9.84 Å². The molecule has 5 heteroatoms. The quantitative estimate of drug-likeness (QED) is 0.267. The second-order valence-corrected chi connectivity index (χ2v) is 11.9. The molecule has 0 unspecified atom stereocenters. The van der Waals surface area contributed by atoms with Crippen molar-refractivity contribution in [2.24, 2.45) is 0 Å². The molecule has 2 nitrogen and oxygen atoms in total. The van der Waals surface area contributed by atoms with Crippen LogP contribution in [0.1, 0.15) is 33.4 Å². The fourth-order valence-corrected chi connectivity index (χ4v) is 7.82. The largest absolute Gasteiger partial charge is 0.218 e. The fraction of sp³-hybridized carbons (Fsp3) is 0.200. The predicted molar refractivity (Wildman–Crippen MR) is 148 cm³/mol. The van der Waals surface area contributed by atoms with Gasteiger partial charge in [-0.15, -0.1) is 0 Å². The maximum absolute atomic E-state index is 14.4. The van der Waals surface area contributed by atoms with E-state index in [0.717, 1.165) is 55.6 Å². The first-order valence-electron chi connectivity index (χ1n) is 11.4. The Morgan fingerprint density at radius 3 is 1.14 bits per heavy atom. The minimum absolute atomic E-state index is 0.366. The lowest BCUT2D eigenvalue weighted by atomic mass is 9.93. The third-order valence-electron chi connectivity index (χ3n) is 6.61. The van der Waals surface area contributed by atoms with Crippen molar-refractivity contribution in [2.75, 3.05) is 0 Å². The molecule has 0 aliphatic rings. The van der Waals surface area contributed by atoms with Crippen molar-refractivity contribution in [3.05, 3.63) is 104 Å². The van der Waals surface area contributed by atoms with Crippen molar-refractivity contribution in [3.63, 3.8) is 0 Å². The zero-order valence-corrected chi connectivity index (χ0v) is 23.1. The van der Waals surface area contributed by atoms with Crippen LogP contribution in [0, 0.1) is 41.5 Å². The molecule has 0 saturated carbocycles. The molecule has 0 fully saturated rings. The Morgan fingerprint density at radius 1 is 0.514 bits per heavy atom. The molecule has 0 aliphatic heterocycles. The number of sulfone groups is 1. The van der Waals surface area contributed by atoms with Crippen molar-refractivity contribution in [2.45, 2.75) is 51.3 Å². The van der Waals surface area contributed by atoms with Gasteiger partial charge in [-0.25, -0.2) is 8.42 Å². The van der Waals surface area contributed by atoms with Crippen LogP contribution in [-0.4, -0.2) is 8.42 Å². The van der Waals surface area contributed by atoms with Gasteiger partial charge < -0.3 is 0 Å². The Labute approximate surface area is 218 Å². The number of hydrogen-bond acceptors (Lipinski definition) is 2. The first-order valence-corrected chi connectivity index (χ1v) is 13.7. The first-order chi connectivity index (χ1) is 16.4. The summed E-state index contributed by atoms with van der Waals surface area (Å²) in [6, 6.07) is 19.0. The lowest BCUT2D eigenvalue weighted by molar-refractivity contribution is 0.593. The van der Waals surface area contributed by atoms with Gasteiger partial charge in [0.15, 0.2) is 0 Å². The predicted octanol–water partition coefficient (Wildman–Crippen LogP) is 9.01. The molecule has 4 aromatic carbocycles. The van der Waals surface area contributed by atoms with E-state index in [9.17, 15) is 8.42 Å². The second kappa shape index (κ2) is 9.46. The molecule has 35 heavy (non-hydrogen) atoms. The maximum Gasteiger partial charge on any atom is 0.207 e. The molecule has 4 aromatic rings. The van der Waals surface area contributed by atoms with E-state index in [1.165, 1.54) is 0 Å². The van der Waals surface area contributed by atoms with Gasteiger partial charge in [-0.3, -0.25) is 0 Å². The van der Waals surface area contributed by atoms with Gasteiger partial charge in [-0.05, 0) is 121 Å². The highest BCUT2D eigenvalue weighted by Gasteiger charge is 2.30. The van der Waals surface area contributed by atoms with E-state index in [-0.39, 0.29) is 0 Å². The lowest BCUT2D eigenvalue weighted by Crippen LogP contribution is -2.12. The van der Waals surface area contributed by atoms with Gasteiger partial charge in [0.1, 0.15) is 0 Å². The zero-order chi connectivity index (χ0) is 25.7. The van der Waals surface area contributed by atoms with Crippen LogP contribution in [0.4, 0.5) is 0 Å². The molecule has 0 amide bonds. The molecule has 0 radical (unpaired) electrons. The number of aryl methyl sites for hydroxylation is 4. The summed E-state index contributed by atoms with van der Waals surface area (Å²) in [7, 11) is -3.82. The minimum Gasteiger partial charge on any atom is -0.218 e. The Hall–Kier alpha value is -2.59. The van der Waals surface area contributed by atoms with E-state index in [1.54, 1.807) is 0 Å². The van der Waals surface area contributed by atoms with Gasteiger partial charge in [0.2, 0.25) is 9.84 Å². The highest BCUT2D eigenvalue weighted by Crippen LogP contribution is 2.41. The number of hydrogen-bond donors (Lipinski definition) is 0. The molecular weight excluding hydrogens is 495 g/mol. The molecule has 0 bridgehead atoms. The summed E-state index contributed by atoms with van der Waals surface area (Å²) in [5, 5.41) is 1.29. The summed E-state index contributed by atoms with van der Waals surface area (Å²) in [4.78, 5) is 0.732. The van der Waals surface area contributed by atoms with E-state index in [0.29, 0.717) is 19.8 Å². The smallest absolute Gasteiger partial charge is 0.207 e. The Kier molecular flexibility index (Phi) is 6.89. The highest BCUT2D eigenvalue weighted by atomic mass is 35.5. The molecule has 0 saturated heterocycles. The zero-order valence-electron chi connectivity index (χ0n) is 20.8. The van der Waals surface area contributed by atoms with Crippen molar-refractivity contribution in [3.8, 4) is 22.3 Å². The Morgan fingerprint density at radius 2 is 0.829 bits per heavy atom. The standard InChI is InChI=1S/C30H28Cl2O2S/c1-17-15-19(3)29(21(5)27(17)23-7-11-25(31)12-8-23)35(33,34)30-20(4)16-18(2)28(22(30)6)24-9-13-26(32)14-10-24/h7-16H,1-6H3. The van der Waals surface area contributed by atoms with Crippen molar-refractivity contribution in [1.82, 2.24) is 0 Å². The second-order valence-electron chi connectivity index (χ2n) is 9.20. The Bertz CT molecular complexity index is 1440. The molecule has 180 valence electrons. The summed E-state index contributed by atoms with van der Waals surface area (Å²) >= 11 is 12.2. The van der Waals surface area contributed by atoms with Crippen LogP contribution < -0.4 is 0 Å². The van der Waals surface area contributed by atoms with E-state index in [1.807, 2.05) is 102 Å². The monoisotopic (exact) mass is 522 g/mol. The van der Waals surface area contributed by atoms with E-state index in [2.05, 4.69) is 0 Å². The van der Waals surface area contributed by atoms with Crippen molar-refractivity contribution in [1.29, 1.82) is 0 Å². The van der Waals surface area contributed by atoms with E-state index in [4.69, 9.17) is 23.2 Å². The average Bonchev–Trinajstić information content (AvgIpc) is 2.75.